The second-order valence-electron chi connectivity index (χ2n) is 4.03. The standard InChI is InChI=1S/C13H15F3N2/c14-13(15,16)8-6-12(10-17)18-9-7-11-4-2-1-3-5-11/h1-5,12,18H,6-9H2. The molecule has 5 heteroatoms. The van der Waals surface area contributed by atoms with E-state index in [4.69, 9.17) is 5.26 Å². The van der Waals surface area contributed by atoms with Gasteiger partial charge in [-0.15, -0.1) is 0 Å². The van der Waals surface area contributed by atoms with Crippen molar-refractivity contribution in [3.63, 3.8) is 0 Å². The van der Waals surface area contributed by atoms with Gasteiger partial charge in [0.05, 0.1) is 12.1 Å². The van der Waals surface area contributed by atoms with E-state index in [1.165, 1.54) is 0 Å². The molecule has 2 nitrogen and oxygen atoms in total. The maximum Gasteiger partial charge on any atom is 0.389 e. The fourth-order valence-corrected chi connectivity index (χ4v) is 1.56. The molecular formula is C13H15F3N2. The van der Waals surface area contributed by atoms with Crippen molar-refractivity contribution in [1.82, 2.24) is 5.32 Å². The lowest BCUT2D eigenvalue weighted by atomic mass is 10.1. The van der Waals surface area contributed by atoms with Crippen molar-refractivity contribution in [2.75, 3.05) is 6.54 Å². The molecule has 0 spiro atoms. The van der Waals surface area contributed by atoms with E-state index in [1.54, 1.807) is 0 Å². The van der Waals surface area contributed by atoms with Gasteiger partial charge in [-0.3, -0.25) is 0 Å². The summed E-state index contributed by atoms with van der Waals surface area (Å²) in [7, 11) is 0. The van der Waals surface area contributed by atoms with Gasteiger partial charge in [0.1, 0.15) is 0 Å². The van der Waals surface area contributed by atoms with E-state index in [-0.39, 0.29) is 6.42 Å². The molecule has 1 unspecified atom stereocenters. The highest BCUT2D eigenvalue weighted by Gasteiger charge is 2.28. The Morgan fingerprint density at radius 2 is 1.89 bits per heavy atom. The molecule has 0 heterocycles. The first-order valence-electron chi connectivity index (χ1n) is 5.75. The number of nitrogens with zero attached hydrogens (tertiary/aromatic N) is 1. The Kier molecular flexibility index (Phi) is 5.66. The average Bonchev–Trinajstić information content (AvgIpc) is 2.33. The van der Waals surface area contributed by atoms with Crippen molar-refractivity contribution < 1.29 is 13.2 Å². The first kappa shape index (κ1) is 14.5. The molecule has 1 rings (SSSR count). The summed E-state index contributed by atoms with van der Waals surface area (Å²) in [4.78, 5) is 0. The van der Waals surface area contributed by atoms with Crippen LogP contribution in [0, 0.1) is 11.3 Å². The minimum absolute atomic E-state index is 0.200. The van der Waals surface area contributed by atoms with Crippen molar-refractivity contribution in [3.05, 3.63) is 35.9 Å². The molecule has 1 aromatic rings. The van der Waals surface area contributed by atoms with Gasteiger partial charge in [-0.1, -0.05) is 30.3 Å². The maximum absolute atomic E-state index is 12.0. The fraction of sp³-hybridized carbons (Fsp3) is 0.462. The Hall–Kier alpha value is -1.54. The number of alkyl halides is 3. The van der Waals surface area contributed by atoms with Crippen molar-refractivity contribution in [2.24, 2.45) is 0 Å². The molecule has 0 aliphatic heterocycles. The molecule has 98 valence electrons. The molecule has 1 atom stereocenters. The van der Waals surface area contributed by atoms with Crippen molar-refractivity contribution in [3.8, 4) is 6.07 Å². The number of hydrogen-bond acceptors (Lipinski definition) is 2. The first-order valence-corrected chi connectivity index (χ1v) is 5.75. The molecule has 0 saturated carbocycles. The number of nitriles is 1. The van der Waals surface area contributed by atoms with Crippen LogP contribution in [0.25, 0.3) is 0 Å². The van der Waals surface area contributed by atoms with Crippen molar-refractivity contribution in [1.29, 1.82) is 5.26 Å². The van der Waals surface area contributed by atoms with Crippen molar-refractivity contribution in [2.45, 2.75) is 31.5 Å². The molecular weight excluding hydrogens is 241 g/mol. The third kappa shape index (κ3) is 6.26. The van der Waals surface area contributed by atoms with E-state index in [1.807, 2.05) is 36.4 Å². The number of hydrogen-bond donors (Lipinski definition) is 1. The van der Waals surface area contributed by atoms with Crippen LogP contribution in [0.15, 0.2) is 30.3 Å². The normalized spacial score (nSPS) is 13.0. The number of benzene rings is 1. The second-order valence-corrected chi connectivity index (χ2v) is 4.03. The Bertz CT molecular complexity index is 381. The van der Waals surface area contributed by atoms with Crippen LogP contribution < -0.4 is 5.32 Å². The molecule has 18 heavy (non-hydrogen) atoms. The zero-order valence-corrected chi connectivity index (χ0v) is 9.87. The summed E-state index contributed by atoms with van der Waals surface area (Å²) in [6.45, 7) is 0.500. The summed E-state index contributed by atoms with van der Waals surface area (Å²) >= 11 is 0. The van der Waals surface area contributed by atoms with Crippen LogP contribution in [0.2, 0.25) is 0 Å². The van der Waals surface area contributed by atoms with E-state index in [2.05, 4.69) is 5.32 Å². The summed E-state index contributed by atoms with van der Waals surface area (Å²) in [6.07, 6.45) is -4.63. The first-order chi connectivity index (χ1) is 8.51. The summed E-state index contributed by atoms with van der Waals surface area (Å²) < 4.78 is 36.0. The smallest absolute Gasteiger partial charge is 0.302 e. The Morgan fingerprint density at radius 1 is 1.22 bits per heavy atom. The predicted octanol–water partition coefficient (Wildman–Crippen LogP) is 3.05. The third-order valence-electron chi connectivity index (χ3n) is 2.52. The van der Waals surface area contributed by atoms with Crippen LogP contribution >= 0.6 is 0 Å². The highest BCUT2D eigenvalue weighted by atomic mass is 19.4. The Labute approximate surface area is 104 Å². The molecule has 0 aliphatic rings. The highest BCUT2D eigenvalue weighted by Crippen LogP contribution is 2.22. The number of rotatable bonds is 6. The zero-order valence-electron chi connectivity index (χ0n) is 9.87. The number of nitrogens with one attached hydrogen (secondary N) is 1. The van der Waals surface area contributed by atoms with Gasteiger partial charge < -0.3 is 5.32 Å². The van der Waals surface area contributed by atoms with Gasteiger partial charge in [0.15, 0.2) is 0 Å². The maximum atomic E-state index is 12.0. The van der Waals surface area contributed by atoms with Gasteiger partial charge >= 0.3 is 6.18 Å². The summed E-state index contributed by atoms with van der Waals surface area (Å²) in [6, 6.07) is 10.7. The second kappa shape index (κ2) is 7.02. The Balaban J connectivity index is 2.26. The van der Waals surface area contributed by atoms with Crippen LogP contribution in [-0.4, -0.2) is 18.8 Å². The SMILES string of the molecule is N#CC(CCC(F)(F)F)NCCc1ccccc1. The van der Waals surface area contributed by atoms with Gasteiger partial charge in [0.2, 0.25) is 0 Å². The summed E-state index contributed by atoms with van der Waals surface area (Å²) in [5.41, 5.74) is 1.09. The van der Waals surface area contributed by atoms with E-state index in [0.29, 0.717) is 13.0 Å². The van der Waals surface area contributed by atoms with E-state index < -0.39 is 18.6 Å². The van der Waals surface area contributed by atoms with E-state index >= 15 is 0 Å². The molecule has 0 fully saturated rings. The van der Waals surface area contributed by atoms with Gasteiger partial charge in [-0.05, 0) is 18.4 Å². The van der Waals surface area contributed by atoms with Gasteiger partial charge in [0, 0.05) is 13.0 Å². The van der Waals surface area contributed by atoms with Crippen LogP contribution in [0.5, 0.6) is 0 Å². The average molecular weight is 256 g/mol. The minimum Gasteiger partial charge on any atom is -0.302 e. The molecule has 0 bridgehead atoms. The van der Waals surface area contributed by atoms with Crippen LogP contribution in [0.1, 0.15) is 18.4 Å². The highest BCUT2D eigenvalue weighted by molar-refractivity contribution is 5.14. The molecule has 1 N–H and O–H groups in total. The summed E-state index contributed by atoms with van der Waals surface area (Å²) in [5.74, 6) is 0. The molecule has 0 radical (unpaired) electrons. The van der Waals surface area contributed by atoms with Crippen LogP contribution in [0.4, 0.5) is 13.2 Å². The monoisotopic (exact) mass is 256 g/mol. The lowest BCUT2D eigenvalue weighted by Gasteiger charge is -2.12. The van der Waals surface area contributed by atoms with Gasteiger partial charge in [-0.25, -0.2) is 0 Å². The molecule has 0 aromatic heterocycles. The topological polar surface area (TPSA) is 35.8 Å². The number of halogens is 3. The van der Waals surface area contributed by atoms with E-state index in [0.717, 1.165) is 5.56 Å². The van der Waals surface area contributed by atoms with Crippen LogP contribution in [-0.2, 0) is 6.42 Å². The van der Waals surface area contributed by atoms with Crippen molar-refractivity contribution >= 4 is 0 Å². The van der Waals surface area contributed by atoms with Gasteiger partial charge in [-0.2, -0.15) is 18.4 Å². The predicted molar refractivity (Wildman–Crippen MR) is 62.8 cm³/mol. The minimum atomic E-state index is -4.20. The molecule has 0 saturated heterocycles. The lowest BCUT2D eigenvalue weighted by Crippen LogP contribution is -2.30. The Morgan fingerprint density at radius 3 is 2.44 bits per heavy atom. The van der Waals surface area contributed by atoms with Gasteiger partial charge in [0.25, 0.3) is 0 Å². The van der Waals surface area contributed by atoms with E-state index in [9.17, 15) is 13.2 Å². The summed E-state index contributed by atoms with van der Waals surface area (Å²) in [5, 5.41) is 11.6. The zero-order chi connectivity index (χ0) is 13.4. The lowest BCUT2D eigenvalue weighted by molar-refractivity contribution is -0.136. The molecule has 1 aromatic carbocycles. The fourth-order valence-electron chi connectivity index (χ4n) is 1.56. The quantitative estimate of drug-likeness (QED) is 0.849. The largest absolute Gasteiger partial charge is 0.389 e. The molecule has 0 aliphatic carbocycles. The molecule has 0 amide bonds. The van der Waals surface area contributed by atoms with Crippen LogP contribution in [0.3, 0.4) is 0 Å². The third-order valence-corrected chi connectivity index (χ3v) is 2.52.